The van der Waals surface area contributed by atoms with Crippen LogP contribution in [0.5, 0.6) is 0 Å². The van der Waals surface area contributed by atoms with Gasteiger partial charge in [0.2, 0.25) is 0 Å². The monoisotopic (exact) mass is 151 g/mol. The third kappa shape index (κ3) is 2.52. The van der Waals surface area contributed by atoms with Crippen LogP contribution in [0.3, 0.4) is 0 Å². The standard InChI is InChI=1S/C6H13NO.ClH/c7-5-3-1-2-4-6(5)8;/h5-6,8H,1-4,7H2;1H/t5?,6-;/m1./s1. The molecule has 2 atom stereocenters. The lowest BCUT2D eigenvalue weighted by Gasteiger charge is -2.23. The Labute approximate surface area is 61.8 Å². The molecule has 2 nitrogen and oxygen atoms in total. The first kappa shape index (κ1) is 9.21. The molecule has 0 radical (unpaired) electrons. The summed E-state index contributed by atoms with van der Waals surface area (Å²) in [6.45, 7) is 0. The van der Waals surface area contributed by atoms with Crippen molar-refractivity contribution < 1.29 is 5.11 Å². The molecular weight excluding hydrogens is 138 g/mol. The van der Waals surface area contributed by atoms with E-state index >= 15 is 0 Å². The molecule has 3 heteroatoms. The Morgan fingerprint density at radius 3 is 2.11 bits per heavy atom. The van der Waals surface area contributed by atoms with Gasteiger partial charge in [-0.3, -0.25) is 0 Å². The lowest BCUT2D eigenvalue weighted by molar-refractivity contribution is 0.108. The Kier molecular flexibility index (Phi) is 4.19. The van der Waals surface area contributed by atoms with Gasteiger partial charge in [-0.2, -0.15) is 0 Å². The Balaban J connectivity index is 0.000000640. The van der Waals surface area contributed by atoms with E-state index in [1.807, 2.05) is 0 Å². The quantitative estimate of drug-likeness (QED) is 0.535. The molecule has 0 heterocycles. The van der Waals surface area contributed by atoms with Gasteiger partial charge in [0.1, 0.15) is 0 Å². The number of hydrogen-bond acceptors (Lipinski definition) is 2. The van der Waals surface area contributed by atoms with Crippen molar-refractivity contribution in [1.29, 1.82) is 0 Å². The summed E-state index contributed by atoms with van der Waals surface area (Å²) in [5, 5.41) is 9.05. The van der Waals surface area contributed by atoms with Gasteiger partial charge in [-0.15, -0.1) is 12.4 Å². The van der Waals surface area contributed by atoms with Crippen LogP contribution in [0.1, 0.15) is 25.7 Å². The van der Waals surface area contributed by atoms with Gasteiger partial charge in [0.05, 0.1) is 6.10 Å². The SMILES string of the molecule is Cl.NC1CCCC[C@H]1O. The van der Waals surface area contributed by atoms with Crippen LogP contribution in [0.4, 0.5) is 0 Å². The lowest BCUT2D eigenvalue weighted by Crippen LogP contribution is -2.37. The largest absolute Gasteiger partial charge is 0.392 e. The second kappa shape index (κ2) is 4.09. The summed E-state index contributed by atoms with van der Waals surface area (Å²) >= 11 is 0. The van der Waals surface area contributed by atoms with Gasteiger partial charge < -0.3 is 10.8 Å². The molecule has 56 valence electrons. The number of aliphatic hydroxyl groups excluding tert-OH is 1. The summed E-state index contributed by atoms with van der Waals surface area (Å²) in [5.41, 5.74) is 5.53. The summed E-state index contributed by atoms with van der Waals surface area (Å²) in [6, 6.07) is 0.0590. The van der Waals surface area contributed by atoms with E-state index in [2.05, 4.69) is 0 Å². The van der Waals surface area contributed by atoms with Gasteiger partial charge in [0, 0.05) is 6.04 Å². The minimum absolute atomic E-state index is 0. The van der Waals surface area contributed by atoms with Crippen molar-refractivity contribution >= 4 is 12.4 Å². The van der Waals surface area contributed by atoms with Crippen LogP contribution in [-0.2, 0) is 0 Å². The molecule has 3 N–H and O–H groups in total. The predicted octanol–water partition coefficient (Wildman–Crippen LogP) is 0.670. The van der Waals surface area contributed by atoms with Crippen molar-refractivity contribution in [3.05, 3.63) is 0 Å². The molecule has 0 aromatic carbocycles. The van der Waals surface area contributed by atoms with Gasteiger partial charge in [-0.05, 0) is 12.8 Å². The molecule has 0 aliphatic heterocycles. The van der Waals surface area contributed by atoms with Gasteiger partial charge in [0.25, 0.3) is 0 Å². The van der Waals surface area contributed by atoms with Crippen molar-refractivity contribution in [3.63, 3.8) is 0 Å². The van der Waals surface area contributed by atoms with Crippen LogP contribution in [0.25, 0.3) is 0 Å². The minimum Gasteiger partial charge on any atom is -0.392 e. The Morgan fingerprint density at radius 2 is 1.78 bits per heavy atom. The van der Waals surface area contributed by atoms with Crippen molar-refractivity contribution in [3.8, 4) is 0 Å². The zero-order valence-corrected chi connectivity index (χ0v) is 6.23. The fraction of sp³-hybridized carbons (Fsp3) is 1.00. The first-order chi connectivity index (χ1) is 3.80. The van der Waals surface area contributed by atoms with E-state index < -0.39 is 0 Å². The van der Waals surface area contributed by atoms with Crippen LogP contribution >= 0.6 is 12.4 Å². The smallest absolute Gasteiger partial charge is 0.0691 e. The highest BCUT2D eigenvalue weighted by Crippen LogP contribution is 2.15. The van der Waals surface area contributed by atoms with Crippen molar-refractivity contribution in [2.24, 2.45) is 5.73 Å². The van der Waals surface area contributed by atoms with E-state index in [1.54, 1.807) is 0 Å². The molecule has 0 aromatic heterocycles. The molecule has 1 aliphatic rings. The Hall–Kier alpha value is 0.210. The average molecular weight is 152 g/mol. The molecule has 1 fully saturated rings. The molecule has 1 saturated carbocycles. The van der Waals surface area contributed by atoms with Gasteiger partial charge in [0.15, 0.2) is 0 Å². The van der Waals surface area contributed by atoms with Crippen LogP contribution < -0.4 is 5.73 Å². The zero-order valence-electron chi connectivity index (χ0n) is 5.42. The van der Waals surface area contributed by atoms with E-state index in [0.29, 0.717) is 0 Å². The summed E-state index contributed by atoms with van der Waals surface area (Å²) in [6.07, 6.45) is 4.03. The average Bonchev–Trinajstić information content (AvgIpc) is 1.77. The predicted molar refractivity (Wildman–Crippen MR) is 39.7 cm³/mol. The third-order valence-corrected chi connectivity index (χ3v) is 1.78. The number of rotatable bonds is 0. The topological polar surface area (TPSA) is 46.2 Å². The van der Waals surface area contributed by atoms with E-state index in [0.717, 1.165) is 19.3 Å². The van der Waals surface area contributed by atoms with E-state index in [4.69, 9.17) is 10.8 Å². The number of nitrogens with two attached hydrogens (primary N) is 1. The number of hydrogen-bond donors (Lipinski definition) is 2. The van der Waals surface area contributed by atoms with Crippen molar-refractivity contribution in [1.82, 2.24) is 0 Å². The molecule has 0 bridgehead atoms. The molecule has 1 unspecified atom stereocenters. The number of aliphatic hydroxyl groups is 1. The fourth-order valence-corrected chi connectivity index (χ4v) is 1.14. The molecule has 0 aromatic rings. The molecule has 0 spiro atoms. The van der Waals surface area contributed by atoms with Gasteiger partial charge in [-0.25, -0.2) is 0 Å². The van der Waals surface area contributed by atoms with Gasteiger partial charge in [-0.1, -0.05) is 12.8 Å². The van der Waals surface area contributed by atoms with Crippen LogP contribution in [0, 0.1) is 0 Å². The van der Waals surface area contributed by atoms with E-state index in [-0.39, 0.29) is 24.6 Å². The highest BCUT2D eigenvalue weighted by Gasteiger charge is 2.17. The zero-order chi connectivity index (χ0) is 5.98. The van der Waals surface area contributed by atoms with Crippen molar-refractivity contribution in [2.75, 3.05) is 0 Å². The minimum atomic E-state index is -0.219. The van der Waals surface area contributed by atoms with E-state index in [9.17, 15) is 0 Å². The maximum atomic E-state index is 9.05. The summed E-state index contributed by atoms with van der Waals surface area (Å²) in [5.74, 6) is 0. The number of halogens is 1. The Bertz CT molecular complexity index is 69.5. The highest BCUT2D eigenvalue weighted by atomic mass is 35.5. The highest BCUT2D eigenvalue weighted by molar-refractivity contribution is 5.85. The van der Waals surface area contributed by atoms with Crippen molar-refractivity contribution in [2.45, 2.75) is 37.8 Å². The maximum absolute atomic E-state index is 9.05. The first-order valence-electron chi connectivity index (χ1n) is 3.24. The second-order valence-corrected chi connectivity index (χ2v) is 2.52. The fourth-order valence-electron chi connectivity index (χ4n) is 1.14. The van der Waals surface area contributed by atoms with E-state index in [1.165, 1.54) is 6.42 Å². The summed E-state index contributed by atoms with van der Waals surface area (Å²) in [4.78, 5) is 0. The Morgan fingerprint density at radius 1 is 1.22 bits per heavy atom. The second-order valence-electron chi connectivity index (χ2n) is 2.52. The molecule has 1 aliphatic carbocycles. The molecule has 9 heavy (non-hydrogen) atoms. The van der Waals surface area contributed by atoms with Crippen LogP contribution in [0.2, 0.25) is 0 Å². The molecule has 1 rings (SSSR count). The van der Waals surface area contributed by atoms with Gasteiger partial charge >= 0.3 is 0 Å². The maximum Gasteiger partial charge on any atom is 0.0691 e. The summed E-state index contributed by atoms with van der Waals surface area (Å²) in [7, 11) is 0. The normalized spacial score (nSPS) is 35.3. The summed E-state index contributed by atoms with van der Waals surface area (Å²) < 4.78 is 0. The lowest BCUT2D eigenvalue weighted by atomic mass is 9.94. The third-order valence-electron chi connectivity index (χ3n) is 1.78. The van der Waals surface area contributed by atoms with Crippen LogP contribution in [0.15, 0.2) is 0 Å². The molecular formula is C6H14ClNO. The molecule has 0 saturated heterocycles. The van der Waals surface area contributed by atoms with Crippen LogP contribution in [-0.4, -0.2) is 17.3 Å². The first-order valence-corrected chi connectivity index (χ1v) is 3.24. The molecule has 0 amide bonds.